The minimum atomic E-state index is 0.801. The van der Waals surface area contributed by atoms with Crippen molar-refractivity contribution in [2.24, 2.45) is 0 Å². The molecule has 0 atom stereocenters. The van der Waals surface area contributed by atoms with Gasteiger partial charge in [0.1, 0.15) is 5.01 Å². The Kier molecular flexibility index (Phi) is 4.24. The van der Waals surface area contributed by atoms with Crippen LogP contribution >= 0.6 is 22.7 Å². The van der Waals surface area contributed by atoms with Gasteiger partial charge in [0.2, 0.25) is 0 Å². The second-order valence-corrected chi connectivity index (χ2v) is 6.52. The zero-order valence-electron chi connectivity index (χ0n) is 10.9. The molecule has 1 fully saturated rings. The largest absolute Gasteiger partial charge is 0.379 e. The Bertz CT molecular complexity index is 531. The molecule has 0 spiro atoms. The van der Waals surface area contributed by atoms with Gasteiger partial charge in [0.25, 0.3) is 0 Å². The van der Waals surface area contributed by atoms with E-state index >= 15 is 0 Å². The number of ether oxygens (including phenoxy) is 1. The lowest BCUT2D eigenvalue weighted by atomic mass is 10.3. The van der Waals surface area contributed by atoms with Crippen LogP contribution < -0.4 is 5.43 Å². The molecule has 0 aliphatic carbocycles. The first-order valence-corrected chi connectivity index (χ1v) is 8.08. The number of rotatable bonds is 4. The summed E-state index contributed by atoms with van der Waals surface area (Å²) >= 11 is 3.56. The fourth-order valence-corrected chi connectivity index (χ4v) is 3.98. The first-order valence-electron chi connectivity index (χ1n) is 6.38. The number of aryl methyl sites for hydroxylation is 1. The van der Waals surface area contributed by atoms with Gasteiger partial charge in [-0.3, -0.25) is 0 Å². The van der Waals surface area contributed by atoms with Crippen molar-refractivity contribution in [1.82, 2.24) is 15.4 Å². The van der Waals surface area contributed by atoms with Crippen LogP contribution in [0.15, 0.2) is 17.6 Å². The maximum atomic E-state index is 5.32. The number of hydrogen-bond donors (Lipinski definition) is 1. The molecule has 2 aromatic rings. The SMILES string of the molecule is Cc1ccsc1-c1cnc(CNN2CCOCC2)s1. The molecule has 2 aromatic heterocycles. The van der Waals surface area contributed by atoms with Crippen molar-refractivity contribution in [3.8, 4) is 9.75 Å². The van der Waals surface area contributed by atoms with Crippen molar-refractivity contribution in [3.63, 3.8) is 0 Å². The van der Waals surface area contributed by atoms with Crippen molar-refractivity contribution in [1.29, 1.82) is 0 Å². The van der Waals surface area contributed by atoms with Crippen molar-refractivity contribution < 1.29 is 4.74 Å². The van der Waals surface area contributed by atoms with Crippen LogP contribution in [0.2, 0.25) is 0 Å². The van der Waals surface area contributed by atoms with E-state index in [0.717, 1.165) is 37.9 Å². The van der Waals surface area contributed by atoms with Crippen LogP contribution in [0.4, 0.5) is 0 Å². The Morgan fingerprint density at radius 2 is 2.26 bits per heavy atom. The van der Waals surface area contributed by atoms with Crippen LogP contribution in [0.1, 0.15) is 10.6 Å². The molecule has 1 aliphatic rings. The smallest absolute Gasteiger partial charge is 0.108 e. The van der Waals surface area contributed by atoms with Crippen molar-refractivity contribution in [3.05, 3.63) is 28.2 Å². The predicted molar refractivity (Wildman–Crippen MR) is 79.4 cm³/mol. The summed E-state index contributed by atoms with van der Waals surface area (Å²) in [5.74, 6) is 0. The molecule has 6 heteroatoms. The molecule has 19 heavy (non-hydrogen) atoms. The van der Waals surface area contributed by atoms with Gasteiger partial charge in [-0.15, -0.1) is 22.7 Å². The fraction of sp³-hybridized carbons (Fsp3) is 0.462. The van der Waals surface area contributed by atoms with Gasteiger partial charge in [-0.25, -0.2) is 15.4 Å². The highest BCUT2D eigenvalue weighted by Crippen LogP contribution is 2.33. The van der Waals surface area contributed by atoms with Gasteiger partial charge < -0.3 is 4.74 Å². The average molecular weight is 295 g/mol. The number of nitrogens with one attached hydrogen (secondary N) is 1. The summed E-state index contributed by atoms with van der Waals surface area (Å²) in [4.78, 5) is 7.11. The van der Waals surface area contributed by atoms with E-state index in [-0.39, 0.29) is 0 Å². The average Bonchev–Trinajstić information content (AvgIpc) is 3.06. The third kappa shape index (κ3) is 3.21. The number of aromatic nitrogens is 1. The van der Waals surface area contributed by atoms with Crippen LogP contribution in [0.5, 0.6) is 0 Å². The molecule has 0 saturated carbocycles. The third-order valence-electron chi connectivity index (χ3n) is 3.10. The molecule has 3 heterocycles. The highest BCUT2D eigenvalue weighted by atomic mass is 32.1. The van der Waals surface area contributed by atoms with E-state index in [1.165, 1.54) is 15.3 Å². The Morgan fingerprint density at radius 1 is 1.42 bits per heavy atom. The summed E-state index contributed by atoms with van der Waals surface area (Å²) in [6, 6.07) is 2.16. The first-order chi connectivity index (χ1) is 9.33. The summed E-state index contributed by atoms with van der Waals surface area (Å²) in [6.45, 7) is 6.46. The van der Waals surface area contributed by atoms with E-state index in [4.69, 9.17) is 4.74 Å². The maximum Gasteiger partial charge on any atom is 0.108 e. The number of nitrogens with zero attached hydrogens (tertiary/aromatic N) is 2. The van der Waals surface area contributed by atoms with Gasteiger partial charge in [-0.1, -0.05) is 0 Å². The van der Waals surface area contributed by atoms with E-state index in [1.54, 1.807) is 22.7 Å². The standard InChI is InChI=1S/C13H17N3OS2/c1-10-2-7-18-13(10)11-8-14-12(19-11)9-15-16-3-5-17-6-4-16/h2,7-8,15H,3-6,9H2,1H3. The summed E-state index contributed by atoms with van der Waals surface area (Å²) < 4.78 is 5.32. The molecule has 102 valence electrons. The Morgan fingerprint density at radius 3 is 3.00 bits per heavy atom. The summed E-state index contributed by atoms with van der Waals surface area (Å²) in [5, 5.41) is 5.48. The van der Waals surface area contributed by atoms with E-state index in [1.807, 2.05) is 6.20 Å². The molecule has 0 amide bonds. The zero-order chi connectivity index (χ0) is 13.1. The van der Waals surface area contributed by atoms with Gasteiger partial charge in [0.05, 0.1) is 24.6 Å². The van der Waals surface area contributed by atoms with Crippen LogP contribution in [-0.4, -0.2) is 36.3 Å². The molecule has 1 N–H and O–H groups in total. The number of hydrazine groups is 1. The zero-order valence-corrected chi connectivity index (χ0v) is 12.5. The Balaban J connectivity index is 1.60. The van der Waals surface area contributed by atoms with Crippen LogP contribution in [-0.2, 0) is 11.3 Å². The molecule has 0 bridgehead atoms. The highest BCUT2D eigenvalue weighted by molar-refractivity contribution is 7.21. The molecule has 1 aliphatic heterocycles. The molecule has 0 radical (unpaired) electrons. The van der Waals surface area contributed by atoms with Gasteiger partial charge in [-0.05, 0) is 23.9 Å². The lowest BCUT2D eigenvalue weighted by Gasteiger charge is -2.26. The molecular formula is C13H17N3OS2. The second-order valence-electron chi connectivity index (χ2n) is 4.49. The minimum absolute atomic E-state index is 0.801. The first kappa shape index (κ1) is 13.2. The van der Waals surface area contributed by atoms with Crippen molar-refractivity contribution >= 4 is 22.7 Å². The summed E-state index contributed by atoms with van der Waals surface area (Å²) in [5.41, 5.74) is 4.75. The number of thiophene rings is 1. The number of morpholine rings is 1. The molecule has 3 rings (SSSR count). The van der Waals surface area contributed by atoms with Crippen molar-refractivity contribution in [2.45, 2.75) is 13.5 Å². The normalized spacial score (nSPS) is 16.9. The molecule has 0 unspecified atom stereocenters. The number of hydrogen-bond acceptors (Lipinski definition) is 6. The van der Waals surface area contributed by atoms with Gasteiger partial charge in [0, 0.05) is 24.2 Å². The van der Waals surface area contributed by atoms with Gasteiger partial charge in [-0.2, -0.15) is 0 Å². The van der Waals surface area contributed by atoms with E-state index in [9.17, 15) is 0 Å². The van der Waals surface area contributed by atoms with E-state index in [0.29, 0.717) is 0 Å². The van der Waals surface area contributed by atoms with Crippen LogP contribution in [0.3, 0.4) is 0 Å². The molecule has 4 nitrogen and oxygen atoms in total. The summed E-state index contributed by atoms with van der Waals surface area (Å²) in [7, 11) is 0. The van der Waals surface area contributed by atoms with Gasteiger partial charge >= 0.3 is 0 Å². The lowest BCUT2D eigenvalue weighted by Crippen LogP contribution is -2.45. The van der Waals surface area contributed by atoms with E-state index in [2.05, 4.69) is 33.8 Å². The Hall–Kier alpha value is -0.790. The van der Waals surface area contributed by atoms with E-state index < -0.39 is 0 Å². The lowest BCUT2D eigenvalue weighted by molar-refractivity contribution is 0.0105. The third-order valence-corrected chi connectivity index (χ3v) is 5.30. The molecular weight excluding hydrogens is 278 g/mol. The fourth-order valence-electron chi connectivity index (χ4n) is 2.02. The second kappa shape index (κ2) is 6.11. The van der Waals surface area contributed by atoms with Gasteiger partial charge in [0.15, 0.2) is 0 Å². The minimum Gasteiger partial charge on any atom is -0.379 e. The summed E-state index contributed by atoms with van der Waals surface area (Å²) in [6.07, 6.45) is 1.99. The topological polar surface area (TPSA) is 37.4 Å². The maximum absolute atomic E-state index is 5.32. The van der Waals surface area contributed by atoms with Crippen LogP contribution in [0.25, 0.3) is 9.75 Å². The molecule has 1 saturated heterocycles. The monoisotopic (exact) mass is 295 g/mol. The predicted octanol–water partition coefficient (Wildman–Crippen LogP) is 2.52. The highest BCUT2D eigenvalue weighted by Gasteiger charge is 2.12. The number of thiazole rings is 1. The molecule has 0 aromatic carbocycles. The quantitative estimate of drug-likeness (QED) is 0.940. The van der Waals surface area contributed by atoms with Crippen molar-refractivity contribution in [2.75, 3.05) is 26.3 Å². The Labute approximate surface area is 121 Å². The van der Waals surface area contributed by atoms with Crippen LogP contribution in [0, 0.1) is 6.92 Å².